The molecule has 1 aromatic rings. The minimum Gasteiger partial charge on any atom is -0.508 e. The molecule has 3 N–H and O–H groups in total. The summed E-state index contributed by atoms with van der Waals surface area (Å²) in [7, 11) is 0. The summed E-state index contributed by atoms with van der Waals surface area (Å²) in [6.45, 7) is 0.515. The molecule has 1 unspecified atom stereocenters. The number of aromatic hydroxyl groups is 1. The van der Waals surface area contributed by atoms with Gasteiger partial charge in [-0.25, -0.2) is 0 Å². The zero-order valence-corrected chi connectivity index (χ0v) is 7.67. The summed E-state index contributed by atoms with van der Waals surface area (Å²) in [5, 5.41) is 9.45. The first-order valence-corrected chi connectivity index (χ1v) is 4.51. The van der Waals surface area contributed by atoms with Crippen molar-refractivity contribution in [2.45, 2.75) is 5.92 Å². The van der Waals surface area contributed by atoms with Crippen LogP contribution in [0.4, 0.5) is 0 Å². The molecule has 0 fully saturated rings. The van der Waals surface area contributed by atoms with Crippen LogP contribution in [-0.4, -0.2) is 17.4 Å². The maximum atomic E-state index is 9.45. The van der Waals surface area contributed by atoms with Crippen molar-refractivity contribution >= 4 is 12.6 Å². The largest absolute Gasteiger partial charge is 0.508 e. The van der Waals surface area contributed by atoms with E-state index in [9.17, 15) is 5.11 Å². The normalized spacial score (nSPS) is 12.8. The predicted molar refractivity (Wildman–Crippen MR) is 53.8 cm³/mol. The molecule has 0 spiro atoms. The molecule has 2 nitrogen and oxygen atoms in total. The Balaban J connectivity index is 2.92. The Morgan fingerprint density at radius 3 is 2.58 bits per heavy atom. The lowest BCUT2D eigenvalue weighted by atomic mass is 10.0. The third-order valence-corrected chi connectivity index (χ3v) is 2.32. The number of rotatable bonds is 3. The summed E-state index contributed by atoms with van der Waals surface area (Å²) in [5.74, 6) is 1.12. The standard InChI is InChI=1S/C9H13NOS/c10-5-7(6-12)8-3-1-2-4-9(8)11/h1-4,7,11-12H,5-6,10H2. The highest BCUT2D eigenvalue weighted by atomic mass is 32.1. The van der Waals surface area contributed by atoms with E-state index in [1.807, 2.05) is 12.1 Å². The molecule has 3 heteroatoms. The lowest BCUT2D eigenvalue weighted by Gasteiger charge is -2.12. The van der Waals surface area contributed by atoms with E-state index in [2.05, 4.69) is 12.6 Å². The molecule has 0 aromatic heterocycles. The maximum absolute atomic E-state index is 9.45. The first kappa shape index (κ1) is 9.42. The molecule has 0 saturated carbocycles. The fraction of sp³-hybridized carbons (Fsp3) is 0.333. The van der Waals surface area contributed by atoms with Crippen LogP contribution in [0.25, 0.3) is 0 Å². The van der Waals surface area contributed by atoms with E-state index in [4.69, 9.17) is 5.73 Å². The Bertz CT molecular complexity index is 248. The number of benzene rings is 1. The van der Waals surface area contributed by atoms with Gasteiger partial charge in [0, 0.05) is 12.5 Å². The van der Waals surface area contributed by atoms with Crippen LogP contribution >= 0.6 is 12.6 Å². The van der Waals surface area contributed by atoms with Gasteiger partial charge >= 0.3 is 0 Å². The Labute approximate surface area is 77.8 Å². The van der Waals surface area contributed by atoms with Gasteiger partial charge in [0.1, 0.15) is 5.75 Å². The van der Waals surface area contributed by atoms with E-state index >= 15 is 0 Å². The number of para-hydroxylation sites is 1. The van der Waals surface area contributed by atoms with E-state index in [1.165, 1.54) is 0 Å². The monoisotopic (exact) mass is 183 g/mol. The molecule has 0 aliphatic heterocycles. The molecule has 0 bridgehead atoms. The summed E-state index contributed by atoms with van der Waals surface area (Å²) in [6.07, 6.45) is 0. The quantitative estimate of drug-likeness (QED) is 0.620. The number of phenols is 1. The highest BCUT2D eigenvalue weighted by Gasteiger charge is 2.10. The number of phenolic OH excluding ortho intramolecular Hbond substituents is 1. The Kier molecular flexibility index (Phi) is 3.44. The van der Waals surface area contributed by atoms with Gasteiger partial charge in [0.15, 0.2) is 0 Å². The lowest BCUT2D eigenvalue weighted by molar-refractivity contribution is 0.464. The van der Waals surface area contributed by atoms with Crippen molar-refractivity contribution in [1.29, 1.82) is 0 Å². The topological polar surface area (TPSA) is 46.2 Å². The van der Waals surface area contributed by atoms with E-state index in [0.29, 0.717) is 18.0 Å². The van der Waals surface area contributed by atoms with Crippen LogP contribution in [-0.2, 0) is 0 Å². The molecular weight excluding hydrogens is 170 g/mol. The van der Waals surface area contributed by atoms with Crippen molar-refractivity contribution in [3.63, 3.8) is 0 Å². The highest BCUT2D eigenvalue weighted by molar-refractivity contribution is 7.80. The average Bonchev–Trinajstić information content (AvgIpc) is 2.10. The van der Waals surface area contributed by atoms with Gasteiger partial charge in [0.05, 0.1) is 0 Å². The molecule has 1 aromatic carbocycles. The molecule has 0 heterocycles. The van der Waals surface area contributed by atoms with Crippen molar-refractivity contribution < 1.29 is 5.11 Å². The van der Waals surface area contributed by atoms with E-state index in [0.717, 1.165) is 5.56 Å². The summed E-state index contributed by atoms with van der Waals surface area (Å²) >= 11 is 4.16. The minimum atomic E-state index is 0.148. The number of hydrogen-bond acceptors (Lipinski definition) is 3. The molecule has 1 atom stereocenters. The zero-order chi connectivity index (χ0) is 8.97. The van der Waals surface area contributed by atoms with Gasteiger partial charge < -0.3 is 10.8 Å². The van der Waals surface area contributed by atoms with Crippen LogP contribution in [0, 0.1) is 0 Å². The van der Waals surface area contributed by atoms with Gasteiger partial charge in [0.25, 0.3) is 0 Å². The SMILES string of the molecule is NCC(CS)c1ccccc1O. The third kappa shape index (κ3) is 1.93. The molecule has 1 rings (SSSR count). The summed E-state index contributed by atoms with van der Waals surface area (Å²) in [6, 6.07) is 7.23. The van der Waals surface area contributed by atoms with Gasteiger partial charge in [-0.15, -0.1) is 0 Å². The first-order valence-electron chi connectivity index (χ1n) is 3.88. The second-order valence-electron chi connectivity index (χ2n) is 2.67. The molecule has 66 valence electrons. The zero-order valence-electron chi connectivity index (χ0n) is 6.77. The van der Waals surface area contributed by atoms with Gasteiger partial charge in [-0.1, -0.05) is 18.2 Å². The van der Waals surface area contributed by atoms with Crippen molar-refractivity contribution in [2.24, 2.45) is 5.73 Å². The van der Waals surface area contributed by atoms with Crippen molar-refractivity contribution in [1.82, 2.24) is 0 Å². The van der Waals surface area contributed by atoms with Crippen LogP contribution < -0.4 is 5.73 Å². The highest BCUT2D eigenvalue weighted by Crippen LogP contribution is 2.25. The number of thiol groups is 1. The first-order chi connectivity index (χ1) is 5.79. The molecular formula is C9H13NOS. The molecule has 0 aliphatic carbocycles. The Morgan fingerprint density at radius 2 is 2.08 bits per heavy atom. The van der Waals surface area contributed by atoms with Crippen molar-refractivity contribution in [3.8, 4) is 5.75 Å². The second kappa shape index (κ2) is 4.38. The van der Waals surface area contributed by atoms with Gasteiger partial charge in [-0.2, -0.15) is 12.6 Å². The number of hydrogen-bond donors (Lipinski definition) is 3. The van der Waals surface area contributed by atoms with Crippen molar-refractivity contribution in [2.75, 3.05) is 12.3 Å². The molecule has 12 heavy (non-hydrogen) atoms. The maximum Gasteiger partial charge on any atom is 0.119 e. The predicted octanol–water partition coefficient (Wildman–Crippen LogP) is 1.36. The molecule has 0 radical (unpaired) electrons. The number of nitrogens with two attached hydrogens (primary N) is 1. The summed E-state index contributed by atoms with van der Waals surface area (Å²) < 4.78 is 0. The van der Waals surface area contributed by atoms with Crippen molar-refractivity contribution in [3.05, 3.63) is 29.8 Å². The van der Waals surface area contributed by atoms with Crippen LogP contribution in [0.2, 0.25) is 0 Å². The fourth-order valence-corrected chi connectivity index (χ4v) is 1.48. The molecule has 0 amide bonds. The molecule has 0 aliphatic rings. The Morgan fingerprint density at radius 1 is 1.42 bits per heavy atom. The smallest absolute Gasteiger partial charge is 0.119 e. The van der Waals surface area contributed by atoms with Crippen LogP contribution in [0.1, 0.15) is 11.5 Å². The third-order valence-electron chi connectivity index (χ3n) is 1.88. The summed E-state index contributed by atoms with van der Waals surface area (Å²) in [4.78, 5) is 0. The van der Waals surface area contributed by atoms with Gasteiger partial charge in [0.2, 0.25) is 0 Å². The summed E-state index contributed by atoms with van der Waals surface area (Å²) in [5.41, 5.74) is 6.41. The van der Waals surface area contributed by atoms with E-state index in [1.54, 1.807) is 12.1 Å². The van der Waals surface area contributed by atoms with E-state index in [-0.39, 0.29) is 5.92 Å². The fourth-order valence-electron chi connectivity index (χ4n) is 1.13. The van der Waals surface area contributed by atoms with Crippen LogP contribution in [0.3, 0.4) is 0 Å². The molecule has 0 saturated heterocycles. The second-order valence-corrected chi connectivity index (χ2v) is 3.04. The minimum absolute atomic E-state index is 0.148. The Hall–Kier alpha value is -0.670. The van der Waals surface area contributed by atoms with Crippen LogP contribution in [0.5, 0.6) is 5.75 Å². The van der Waals surface area contributed by atoms with Crippen LogP contribution in [0.15, 0.2) is 24.3 Å². The van der Waals surface area contributed by atoms with Gasteiger partial charge in [-0.05, 0) is 17.4 Å². The average molecular weight is 183 g/mol. The lowest BCUT2D eigenvalue weighted by Crippen LogP contribution is -2.13. The van der Waals surface area contributed by atoms with Gasteiger partial charge in [-0.3, -0.25) is 0 Å². The van der Waals surface area contributed by atoms with E-state index < -0.39 is 0 Å².